The third-order valence-corrected chi connectivity index (χ3v) is 4.93. The molecular weight excluding hydrogens is 493 g/mol. The molecule has 0 unspecified atom stereocenters. The summed E-state index contributed by atoms with van der Waals surface area (Å²) < 4.78 is 12.8. The van der Waals surface area contributed by atoms with Crippen molar-refractivity contribution in [2.75, 3.05) is 34.9 Å². The molecule has 8 heteroatoms. The number of ether oxygens (including phenoxy) is 2. The number of benzene rings is 1. The molecule has 3 rings (SSSR count). The summed E-state index contributed by atoms with van der Waals surface area (Å²) in [6, 6.07) is 12.1. The molecule has 2 aromatic heterocycles. The highest BCUT2D eigenvalue weighted by molar-refractivity contribution is 14.0. The topological polar surface area (TPSA) is 63.4 Å². The smallest absolute Gasteiger partial charge is 0.193 e. The van der Waals surface area contributed by atoms with Crippen LogP contribution < -0.4 is 14.8 Å². The molecule has 1 N–H and O–H groups in total. The van der Waals surface area contributed by atoms with Crippen molar-refractivity contribution in [1.29, 1.82) is 0 Å². The molecule has 0 aliphatic heterocycles. The van der Waals surface area contributed by atoms with Crippen LogP contribution in [-0.4, -0.2) is 55.1 Å². The molecule has 0 saturated heterocycles. The molecule has 0 bridgehead atoms. The van der Waals surface area contributed by atoms with Crippen molar-refractivity contribution in [3.05, 3.63) is 59.5 Å². The van der Waals surface area contributed by atoms with Gasteiger partial charge < -0.3 is 24.1 Å². The average molecular weight is 523 g/mol. The van der Waals surface area contributed by atoms with Crippen molar-refractivity contribution < 1.29 is 9.47 Å². The summed E-state index contributed by atoms with van der Waals surface area (Å²) in [5, 5.41) is 3.40. The Balaban J connectivity index is 0.00000320. The number of aryl methyl sites for hydroxylation is 1. The number of hydrogen-bond acceptors (Lipinski definition) is 4. The number of nitrogens with one attached hydrogen (secondary N) is 1. The zero-order valence-corrected chi connectivity index (χ0v) is 20.5. The Hall–Kier alpha value is -2.49. The van der Waals surface area contributed by atoms with Gasteiger partial charge in [0.25, 0.3) is 0 Å². The minimum Gasteiger partial charge on any atom is -0.493 e. The van der Waals surface area contributed by atoms with E-state index < -0.39 is 0 Å². The molecule has 3 aromatic rings. The molecule has 2 heterocycles. The van der Waals surface area contributed by atoms with Crippen LogP contribution in [0.2, 0.25) is 0 Å². The van der Waals surface area contributed by atoms with Gasteiger partial charge in [-0.15, -0.1) is 24.0 Å². The first kappa shape index (κ1) is 23.8. The fraction of sp³-hybridized carbons (Fsp3) is 0.364. The van der Waals surface area contributed by atoms with Crippen molar-refractivity contribution >= 4 is 35.6 Å². The maximum atomic E-state index is 5.39. The van der Waals surface area contributed by atoms with E-state index in [1.807, 2.05) is 31.3 Å². The summed E-state index contributed by atoms with van der Waals surface area (Å²) in [4.78, 5) is 11.2. The van der Waals surface area contributed by atoms with E-state index in [0.29, 0.717) is 6.54 Å². The van der Waals surface area contributed by atoms with Crippen molar-refractivity contribution in [1.82, 2.24) is 19.6 Å². The predicted octanol–water partition coefficient (Wildman–Crippen LogP) is 3.53. The zero-order chi connectivity index (χ0) is 20.8. The highest BCUT2D eigenvalue weighted by Gasteiger charge is 2.10. The fourth-order valence-corrected chi connectivity index (χ4v) is 3.28. The lowest BCUT2D eigenvalue weighted by Gasteiger charge is -2.22. The number of halogens is 1. The molecule has 162 valence electrons. The number of fused-ring (bicyclic) bond motifs is 1. The van der Waals surface area contributed by atoms with E-state index in [-0.39, 0.29) is 24.0 Å². The molecule has 0 atom stereocenters. The van der Waals surface area contributed by atoms with E-state index in [1.165, 1.54) is 5.56 Å². The lowest BCUT2D eigenvalue weighted by molar-refractivity contribution is 0.354. The number of methoxy groups -OCH3 is 2. The van der Waals surface area contributed by atoms with Crippen LogP contribution in [0.5, 0.6) is 11.5 Å². The lowest BCUT2D eigenvalue weighted by atomic mass is 10.1. The van der Waals surface area contributed by atoms with Crippen molar-refractivity contribution in [3.63, 3.8) is 0 Å². The maximum absolute atomic E-state index is 5.39. The van der Waals surface area contributed by atoms with Gasteiger partial charge in [0.05, 0.1) is 26.5 Å². The number of likely N-dealkylation sites (N-methyl/N-ethyl adjacent to an activating group) is 1. The second-order valence-electron chi connectivity index (χ2n) is 6.89. The SMILES string of the molecule is CN=C(NCc1cn2c(C)cccc2n1)N(C)CCc1ccc(OC)c(OC)c1.I. The van der Waals surface area contributed by atoms with E-state index in [1.54, 1.807) is 21.3 Å². The highest BCUT2D eigenvalue weighted by Crippen LogP contribution is 2.27. The standard InChI is InChI=1S/C22H29N5O2.HI/c1-16-7-6-8-21-25-18(15-27(16)21)14-24-22(23-2)26(3)12-11-17-9-10-19(28-4)20(13-17)29-5;/h6-10,13,15H,11-12,14H2,1-5H3,(H,23,24);1H. The number of aromatic nitrogens is 2. The van der Waals surface area contributed by atoms with Crippen LogP contribution in [0.15, 0.2) is 47.6 Å². The van der Waals surface area contributed by atoms with E-state index in [2.05, 4.69) is 49.8 Å². The third kappa shape index (κ3) is 5.56. The zero-order valence-electron chi connectivity index (χ0n) is 18.2. The Labute approximate surface area is 195 Å². The van der Waals surface area contributed by atoms with Crippen molar-refractivity contribution in [3.8, 4) is 11.5 Å². The number of pyridine rings is 1. The highest BCUT2D eigenvalue weighted by atomic mass is 127. The largest absolute Gasteiger partial charge is 0.493 e. The molecule has 0 aliphatic rings. The minimum absolute atomic E-state index is 0. The lowest BCUT2D eigenvalue weighted by Crippen LogP contribution is -2.39. The van der Waals surface area contributed by atoms with Crippen LogP contribution in [0.1, 0.15) is 17.0 Å². The van der Waals surface area contributed by atoms with Crippen LogP contribution in [0.3, 0.4) is 0 Å². The summed E-state index contributed by atoms with van der Waals surface area (Å²) in [5.41, 5.74) is 4.28. The molecule has 7 nitrogen and oxygen atoms in total. The van der Waals surface area contributed by atoms with Gasteiger partial charge in [0.15, 0.2) is 17.5 Å². The van der Waals surface area contributed by atoms with Crippen LogP contribution >= 0.6 is 24.0 Å². The number of imidazole rings is 1. The van der Waals surface area contributed by atoms with Gasteiger partial charge in [-0.2, -0.15) is 0 Å². The summed E-state index contributed by atoms with van der Waals surface area (Å²) >= 11 is 0. The normalized spacial score (nSPS) is 11.2. The van der Waals surface area contributed by atoms with Gasteiger partial charge in [-0.3, -0.25) is 4.99 Å². The molecule has 1 aromatic carbocycles. The summed E-state index contributed by atoms with van der Waals surface area (Å²) in [6.45, 7) is 3.51. The van der Waals surface area contributed by atoms with Gasteiger partial charge in [0.1, 0.15) is 5.65 Å². The second kappa shape index (κ2) is 11.1. The second-order valence-corrected chi connectivity index (χ2v) is 6.89. The average Bonchev–Trinajstić information content (AvgIpc) is 3.17. The summed E-state index contributed by atoms with van der Waals surface area (Å²) in [6.07, 6.45) is 2.93. The quantitative estimate of drug-likeness (QED) is 0.292. The third-order valence-electron chi connectivity index (χ3n) is 4.93. The first-order chi connectivity index (χ1) is 14.0. The first-order valence-corrected chi connectivity index (χ1v) is 9.62. The molecule has 0 radical (unpaired) electrons. The van der Waals surface area contributed by atoms with E-state index in [9.17, 15) is 0 Å². The molecule has 30 heavy (non-hydrogen) atoms. The monoisotopic (exact) mass is 523 g/mol. The Morgan fingerprint density at radius 3 is 2.60 bits per heavy atom. The van der Waals surface area contributed by atoms with Gasteiger partial charge in [-0.1, -0.05) is 12.1 Å². The van der Waals surface area contributed by atoms with Gasteiger partial charge >= 0.3 is 0 Å². The van der Waals surface area contributed by atoms with Gasteiger partial charge in [-0.25, -0.2) is 4.98 Å². The first-order valence-electron chi connectivity index (χ1n) is 9.62. The molecule has 0 amide bonds. The molecule has 0 spiro atoms. The van der Waals surface area contributed by atoms with Gasteiger partial charge in [0, 0.05) is 32.5 Å². The fourth-order valence-electron chi connectivity index (χ4n) is 3.28. The van der Waals surface area contributed by atoms with Crippen LogP contribution in [-0.2, 0) is 13.0 Å². The van der Waals surface area contributed by atoms with Crippen molar-refractivity contribution in [2.24, 2.45) is 4.99 Å². The summed E-state index contributed by atoms with van der Waals surface area (Å²) in [5.74, 6) is 2.32. The number of nitrogens with zero attached hydrogens (tertiary/aromatic N) is 4. The molecule has 0 saturated carbocycles. The Kier molecular flexibility index (Phi) is 8.76. The Morgan fingerprint density at radius 2 is 1.93 bits per heavy atom. The molecule has 0 aliphatic carbocycles. The molecular formula is C22H30IN5O2. The Bertz CT molecular complexity index is 1000. The van der Waals surface area contributed by atoms with Gasteiger partial charge in [-0.05, 0) is 43.2 Å². The number of aliphatic imine (C=N–C) groups is 1. The van der Waals surface area contributed by atoms with E-state index in [0.717, 1.165) is 47.5 Å². The maximum Gasteiger partial charge on any atom is 0.193 e. The summed E-state index contributed by atoms with van der Waals surface area (Å²) in [7, 11) is 7.12. The van der Waals surface area contributed by atoms with Crippen LogP contribution in [0.4, 0.5) is 0 Å². The number of rotatable bonds is 7. The van der Waals surface area contributed by atoms with Gasteiger partial charge in [0.2, 0.25) is 0 Å². The van der Waals surface area contributed by atoms with E-state index >= 15 is 0 Å². The van der Waals surface area contributed by atoms with E-state index in [4.69, 9.17) is 9.47 Å². The number of guanidine groups is 1. The Morgan fingerprint density at radius 1 is 1.17 bits per heavy atom. The predicted molar refractivity (Wildman–Crippen MR) is 131 cm³/mol. The number of hydrogen-bond donors (Lipinski definition) is 1. The van der Waals surface area contributed by atoms with Crippen molar-refractivity contribution in [2.45, 2.75) is 19.9 Å². The van der Waals surface area contributed by atoms with Crippen LogP contribution in [0.25, 0.3) is 5.65 Å². The molecule has 0 fully saturated rings. The van der Waals surface area contributed by atoms with Crippen LogP contribution in [0, 0.1) is 6.92 Å². The minimum atomic E-state index is 0.